The molecule has 0 aromatic carbocycles. The summed E-state index contributed by atoms with van der Waals surface area (Å²) in [5.41, 5.74) is 4.79. The van der Waals surface area contributed by atoms with Crippen LogP contribution in [0.3, 0.4) is 0 Å². The summed E-state index contributed by atoms with van der Waals surface area (Å²) in [7, 11) is 0. The van der Waals surface area contributed by atoms with Crippen molar-refractivity contribution in [2.75, 3.05) is 0 Å². The summed E-state index contributed by atoms with van der Waals surface area (Å²) < 4.78 is 2.22. The van der Waals surface area contributed by atoms with Crippen molar-refractivity contribution in [1.29, 1.82) is 0 Å². The van der Waals surface area contributed by atoms with Crippen LogP contribution in [0.15, 0.2) is 18.2 Å². The molecule has 0 aliphatic rings. The lowest BCUT2D eigenvalue weighted by Crippen LogP contribution is -1.94. The van der Waals surface area contributed by atoms with Crippen LogP contribution in [0.4, 0.5) is 0 Å². The third-order valence-electron chi connectivity index (χ3n) is 2.65. The molecule has 0 spiro atoms. The van der Waals surface area contributed by atoms with Crippen molar-refractivity contribution in [2.24, 2.45) is 0 Å². The Morgan fingerprint density at radius 1 is 1.21 bits per heavy atom. The second-order valence-electron chi connectivity index (χ2n) is 4.10. The van der Waals surface area contributed by atoms with E-state index < -0.39 is 0 Å². The van der Waals surface area contributed by atoms with E-state index in [9.17, 15) is 0 Å². The monoisotopic (exact) mass is 188 g/mol. The Bertz CT molecular complexity index is 466. The zero-order valence-electron chi connectivity index (χ0n) is 9.20. The standard InChI is InChI=1S/C12H16N2/c1-8(2)12-10(4)14-9(3)6-5-7-11(14)13-12/h5-8H,1-4H3. The highest BCUT2D eigenvalue weighted by atomic mass is 15.0. The van der Waals surface area contributed by atoms with Gasteiger partial charge in [0.1, 0.15) is 5.65 Å². The number of hydrogen-bond donors (Lipinski definition) is 0. The van der Waals surface area contributed by atoms with Gasteiger partial charge in [-0.1, -0.05) is 19.9 Å². The van der Waals surface area contributed by atoms with E-state index in [-0.39, 0.29) is 0 Å². The lowest BCUT2D eigenvalue weighted by atomic mass is 10.1. The average molecular weight is 188 g/mol. The van der Waals surface area contributed by atoms with Gasteiger partial charge in [0, 0.05) is 11.4 Å². The molecule has 0 fully saturated rings. The number of rotatable bonds is 1. The van der Waals surface area contributed by atoms with Crippen LogP contribution in [0.2, 0.25) is 0 Å². The van der Waals surface area contributed by atoms with Gasteiger partial charge in [-0.3, -0.25) is 0 Å². The van der Waals surface area contributed by atoms with Crippen LogP contribution < -0.4 is 0 Å². The van der Waals surface area contributed by atoms with E-state index in [0.29, 0.717) is 5.92 Å². The summed E-state index contributed by atoms with van der Waals surface area (Å²) in [6.07, 6.45) is 0. The quantitative estimate of drug-likeness (QED) is 0.672. The highest BCUT2D eigenvalue weighted by Crippen LogP contribution is 2.20. The van der Waals surface area contributed by atoms with Crippen molar-refractivity contribution in [3.05, 3.63) is 35.3 Å². The van der Waals surface area contributed by atoms with Crippen LogP contribution in [-0.4, -0.2) is 9.38 Å². The minimum Gasteiger partial charge on any atom is -0.301 e. The lowest BCUT2D eigenvalue weighted by Gasteiger charge is -2.03. The molecule has 0 atom stereocenters. The predicted molar refractivity (Wildman–Crippen MR) is 58.8 cm³/mol. The smallest absolute Gasteiger partial charge is 0.137 e. The molecule has 2 heteroatoms. The fourth-order valence-electron chi connectivity index (χ4n) is 1.99. The van der Waals surface area contributed by atoms with E-state index >= 15 is 0 Å². The molecule has 0 saturated heterocycles. The predicted octanol–water partition coefficient (Wildman–Crippen LogP) is 3.07. The summed E-state index contributed by atoms with van der Waals surface area (Å²) in [6.45, 7) is 8.63. The fourth-order valence-corrected chi connectivity index (χ4v) is 1.99. The normalized spacial score (nSPS) is 11.5. The number of aromatic nitrogens is 2. The Hall–Kier alpha value is -1.31. The molecule has 0 aliphatic carbocycles. The Balaban J connectivity index is 2.81. The minimum absolute atomic E-state index is 0.495. The van der Waals surface area contributed by atoms with Gasteiger partial charge in [-0.05, 0) is 31.9 Å². The van der Waals surface area contributed by atoms with E-state index in [0.717, 1.165) is 5.65 Å². The first-order valence-corrected chi connectivity index (χ1v) is 5.06. The topological polar surface area (TPSA) is 17.3 Å². The van der Waals surface area contributed by atoms with Gasteiger partial charge in [-0.2, -0.15) is 0 Å². The highest BCUT2D eigenvalue weighted by molar-refractivity contribution is 5.45. The molecule has 14 heavy (non-hydrogen) atoms. The molecule has 2 aromatic heterocycles. The number of nitrogens with zero attached hydrogens (tertiary/aromatic N) is 2. The van der Waals surface area contributed by atoms with Crippen molar-refractivity contribution in [3.63, 3.8) is 0 Å². The summed E-state index contributed by atoms with van der Waals surface area (Å²) in [5, 5.41) is 0. The number of fused-ring (bicyclic) bond motifs is 1. The molecule has 74 valence electrons. The molecule has 0 N–H and O–H groups in total. The Kier molecular flexibility index (Phi) is 2.06. The molecule has 0 unspecified atom stereocenters. The van der Waals surface area contributed by atoms with E-state index in [1.807, 2.05) is 0 Å². The maximum absolute atomic E-state index is 4.64. The SMILES string of the molecule is Cc1cccc2nc(C(C)C)c(C)n12. The van der Waals surface area contributed by atoms with Crippen LogP contribution in [0.25, 0.3) is 5.65 Å². The van der Waals surface area contributed by atoms with Gasteiger partial charge in [0.25, 0.3) is 0 Å². The Morgan fingerprint density at radius 3 is 2.50 bits per heavy atom. The van der Waals surface area contributed by atoms with Gasteiger partial charge in [0.15, 0.2) is 0 Å². The van der Waals surface area contributed by atoms with Crippen molar-refractivity contribution in [3.8, 4) is 0 Å². The molecule has 2 aromatic rings. The summed E-state index contributed by atoms with van der Waals surface area (Å²) in [5.74, 6) is 0.495. The summed E-state index contributed by atoms with van der Waals surface area (Å²) >= 11 is 0. The van der Waals surface area contributed by atoms with Crippen molar-refractivity contribution < 1.29 is 0 Å². The zero-order chi connectivity index (χ0) is 10.3. The molecule has 0 saturated carbocycles. The molecular formula is C12H16N2. The Labute approximate surface area is 84.6 Å². The van der Waals surface area contributed by atoms with Crippen molar-refractivity contribution >= 4 is 5.65 Å². The number of imidazole rings is 1. The van der Waals surface area contributed by atoms with Crippen LogP contribution in [0, 0.1) is 13.8 Å². The lowest BCUT2D eigenvalue weighted by molar-refractivity contribution is 0.819. The molecular weight excluding hydrogens is 172 g/mol. The first-order valence-electron chi connectivity index (χ1n) is 5.06. The van der Waals surface area contributed by atoms with Crippen LogP contribution in [0.1, 0.15) is 36.8 Å². The van der Waals surface area contributed by atoms with Crippen molar-refractivity contribution in [1.82, 2.24) is 9.38 Å². The molecule has 2 nitrogen and oxygen atoms in total. The summed E-state index contributed by atoms with van der Waals surface area (Å²) in [4.78, 5) is 4.64. The second kappa shape index (κ2) is 3.12. The van der Waals surface area contributed by atoms with Crippen LogP contribution in [-0.2, 0) is 0 Å². The fraction of sp³-hybridized carbons (Fsp3) is 0.417. The van der Waals surface area contributed by atoms with E-state index in [2.05, 4.69) is 55.3 Å². The number of pyridine rings is 1. The highest BCUT2D eigenvalue weighted by Gasteiger charge is 2.11. The number of hydrogen-bond acceptors (Lipinski definition) is 1. The third kappa shape index (κ3) is 1.22. The largest absolute Gasteiger partial charge is 0.301 e. The molecule has 0 amide bonds. The van der Waals surface area contributed by atoms with Gasteiger partial charge < -0.3 is 4.40 Å². The molecule has 2 rings (SSSR count). The molecule has 0 bridgehead atoms. The maximum Gasteiger partial charge on any atom is 0.137 e. The van der Waals surface area contributed by atoms with Gasteiger partial charge in [-0.25, -0.2) is 4.98 Å². The Morgan fingerprint density at radius 2 is 1.93 bits per heavy atom. The van der Waals surface area contributed by atoms with E-state index in [4.69, 9.17) is 0 Å². The molecule has 0 radical (unpaired) electrons. The number of aryl methyl sites for hydroxylation is 2. The van der Waals surface area contributed by atoms with Gasteiger partial charge >= 0.3 is 0 Å². The van der Waals surface area contributed by atoms with E-state index in [1.165, 1.54) is 17.1 Å². The first-order chi connectivity index (χ1) is 6.61. The molecule has 0 aliphatic heterocycles. The minimum atomic E-state index is 0.495. The van der Waals surface area contributed by atoms with Gasteiger partial charge in [-0.15, -0.1) is 0 Å². The van der Waals surface area contributed by atoms with E-state index in [1.54, 1.807) is 0 Å². The van der Waals surface area contributed by atoms with Crippen LogP contribution >= 0.6 is 0 Å². The van der Waals surface area contributed by atoms with Gasteiger partial charge in [0.05, 0.1) is 5.69 Å². The first kappa shape index (κ1) is 9.25. The average Bonchev–Trinajstić information content (AvgIpc) is 2.45. The second-order valence-corrected chi connectivity index (χ2v) is 4.10. The zero-order valence-corrected chi connectivity index (χ0v) is 9.20. The van der Waals surface area contributed by atoms with Crippen molar-refractivity contribution in [2.45, 2.75) is 33.6 Å². The van der Waals surface area contributed by atoms with Gasteiger partial charge in [0.2, 0.25) is 0 Å². The summed E-state index contributed by atoms with van der Waals surface area (Å²) in [6, 6.07) is 6.24. The van der Waals surface area contributed by atoms with Crippen LogP contribution in [0.5, 0.6) is 0 Å². The third-order valence-corrected chi connectivity index (χ3v) is 2.65. The maximum atomic E-state index is 4.64. The molecule has 2 heterocycles.